The van der Waals surface area contributed by atoms with E-state index >= 15 is 0 Å². The standard InChI is InChI=1S/C16H22F2N2O2.ClH/c1-11(2)10-13(20-8-6-19-7-9-20)12-4-3-5-14-15(12)22-16(17,18)21-14;/h3-5,11,13,19H,6-10H2,1-2H3;1H/t13-;/m1./s1. The van der Waals surface area contributed by atoms with Gasteiger partial charge in [-0.1, -0.05) is 26.0 Å². The molecule has 1 fully saturated rings. The van der Waals surface area contributed by atoms with Crippen molar-refractivity contribution in [3.05, 3.63) is 23.8 Å². The molecule has 0 amide bonds. The number of ether oxygens (including phenoxy) is 2. The highest BCUT2D eigenvalue weighted by molar-refractivity contribution is 5.85. The molecule has 2 aliphatic heterocycles. The van der Waals surface area contributed by atoms with E-state index in [2.05, 4.69) is 28.8 Å². The largest absolute Gasteiger partial charge is 0.586 e. The second kappa shape index (κ2) is 7.20. The van der Waals surface area contributed by atoms with Crippen molar-refractivity contribution in [1.82, 2.24) is 10.2 Å². The highest BCUT2D eigenvalue weighted by Gasteiger charge is 2.45. The summed E-state index contributed by atoms with van der Waals surface area (Å²) in [6.45, 7) is 7.92. The molecule has 1 saturated heterocycles. The highest BCUT2D eigenvalue weighted by Crippen LogP contribution is 2.47. The van der Waals surface area contributed by atoms with Gasteiger partial charge in [0.05, 0.1) is 0 Å². The lowest BCUT2D eigenvalue weighted by molar-refractivity contribution is -0.287. The van der Waals surface area contributed by atoms with Crippen molar-refractivity contribution in [3.8, 4) is 11.5 Å². The Morgan fingerprint density at radius 3 is 2.57 bits per heavy atom. The van der Waals surface area contributed by atoms with Gasteiger partial charge in [-0.2, -0.15) is 0 Å². The fourth-order valence-corrected chi connectivity index (χ4v) is 3.17. The predicted molar refractivity (Wildman–Crippen MR) is 86.5 cm³/mol. The third-order valence-corrected chi connectivity index (χ3v) is 4.11. The van der Waals surface area contributed by atoms with Gasteiger partial charge < -0.3 is 14.8 Å². The number of piperazine rings is 1. The number of fused-ring (bicyclic) bond motifs is 1. The van der Waals surface area contributed by atoms with Gasteiger partial charge in [-0.25, -0.2) is 0 Å². The van der Waals surface area contributed by atoms with Crippen molar-refractivity contribution >= 4 is 12.4 Å². The first-order valence-electron chi connectivity index (χ1n) is 7.80. The molecule has 1 atom stereocenters. The van der Waals surface area contributed by atoms with E-state index in [4.69, 9.17) is 4.74 Å². The van der Waals surface area contributed by atoms with Crippen LogP contribution < -0.4 is 14.8 Å². The SMILES string of the molecule is CC(C)C[C@H](c1cccc2c1OC(F)(F)O2)N1CCNCC1.Cl. The minimum Gasteiger partial charge on any atom is -0.395 e. The molecule has 1 N–H and O–H groups in total. The molecule has 0 spiro atoms. The summed E-state index contributed by atoms with van der Waals surface area (Å²) in [5.41, 5.74) is 0.797. The van der Waals surface area contributed by atoms with Crippen LogP contribution in [0.3, 0.4) is 0 Å². The van der Waals surface area contributed by atoms with Crippen LogP contribution in [0.4, 0.5) is 8.78 Å². The Morgan fingerprint density at radius 1 is 1.22 bits per heavy atom. The van der Waals surface area contributed by atoms with Crippen LogP contribution in [0.1, 0.15) is 31.9 Å². The van der Waals surface area contributed by atoms with E-state index in [1.54, 1.807) is 6.07 Å². The summed E-state index contributed by atoms with van der Waals surface area (Å²) in [6, 6.07) is 5.23. The number of rotatable bonds is 4. The van der Waals surface area contributed by atoms with Crippen molar-refractivity contribution in [3.63, 3.8) is 0 Å². The molecule has 0 saturated carbocycles. The van der Waals surface area contributed by atoms with E-state index in [9.17, 15) is 8.78 Å². The van der Waals surface area contributed by atoms with Crippen LogP contribution in [0.2, 0.25) is 0 Å². The first-order chi connectivity index (χ1) is 10.5. The average molecular weight is 349 g/mol. The summed E-state index contributed by atoms with van der Waals surface area (Å²) < 4.78 is 36.2. The third-order valence-electron chi connectivity index (χ3n) is 4.11. The molecule has 0 radical (unpaired) electrons. The molecular weight excluding hydrogens is 326 g/mol. The lowest BCUT2D eigenvalue weighted by Crippen LogP contribution is -2.45. The van der Waals surface area contributed by atoms with E-state index in [1.807, 2.05) is 6.07 Å². The smallest absolute Gasteiger partial charge is 0.395 e. The number of nitrogens with one attached hydrogen (secondary N) is 1. The molecule has 2 heterocycles. The number of nitrogens with zero attached hydrogens (tertiary/aromatic N) is 1. The zero-order chi connectivity index (χ0) is 15.7. The monoisotopic (exact) mass is 348 g/mol. The molecule has 1 aromatic carbocycles. The molecular formula is C16H23ClF2N2O2. The van der Waals surface area contributed by atoms with Gasteiger partial charge in [0.2, 0.25) is 0 Å². The van der Waals surface area contributed by atoms with E-state index in [-0.39, 0.29) is 29.9 Å². The maximum atomic E-state index is 13.4. The van der Waals surface area contributed by atoms with Gasteiger partial charge in [-0.3, -0.25) is 4.90 Å². The topological polar surface area (TPSA) is 33.7 Å². The zero-order valence-electron chi connectivity index (χ0n) is 13.4. The molecule has 0 aliphatic carbocycles. The van der Waals surface area contributed by atoms with E-state index in [0.29, 0.717) is 5.92 Å². The minimum absolute atomic E-state index is 0. The number of benzene rings is 1. The summed E-state index contributed by atoms with van der Waals surface area (Å²) in [7, 11) is 0. The fourth-order valence-electron chi connectivity index (χ4n) is 3.17. The summed E-state index contributed by atoms with van der Waals surface area (Å²) in [6.07, 6.45) is -2.67. The molecule has 1 aromatic rings. The Kier molecular flexibility index (Phi) is 5.70. The Balaban J connectivity index is 0.00000192. The maximum Gasteiger partial charge on any atom is 0.586 e. The number of para-hydroxylation sites is 1. The average Bonchev–Trinajstić information content (AvgIpc) is 2.79. The molecule has 130 valence electrons. The summed E-state index contributed by atoms with van der Waals surface area (Å²) in [5.74, 6) is 0.779. The van der Waals surface area contributed by atoms with Crippen molar-refractivity contribution in [2.75, 3.05) is 26.2 Å². The van der Waals surface area contributed by atoms with Gasteiger partial charge in [0.25, 0.3) is 0 Å². The number of halogens is 3. The van der Waals surface area contributed by atoms with Crippen LogP contribution in [0.15, 0.2) is 18.2 Å². The van der Waals surface area contributed by atoms with Crippen LogP contribution >= 0.6 is 12.4 Å². The highest BCUT2D eigenvalue weighted by atomic mass is 35.5. The summed E-state index contributed by atoms with van der Waals surface area (Å²) in [4.78, 5) is 2.34. The molecule has 0 aromatic heterocycles. The zero-order valence-corrected chi connectivity index (χ0v) is 14.2. The van der Waals surface area contributed by atoms with Crippen molar-refractivity contribution in [1.29, 1.82) is 0 Å². The first-order valence-corrected chi connectivity index (χ1v) is 7.80. The molecule has 3 rings (SSSR count). The maximum absolute atomic E-state index is 13.4. The van der Waals surface area contributed by atoms with Crippen molar-refractivity contribution < 1.29 is 18.3 Å². The van der Waals surface area contributed by atoms with Crippen LogP contribution in [0, 0.1) is 5.92 Å². The van der Waals surface area contributed by atoms with Crippen molar-refractivity contribution in [2.45, 2.75) is 32.6 Å². The van der Waals surface area contributed by atoms with Gasteiger partial charge in [0.1, 0.15) is 0 Å². The predicted octanol–water partition coefficient (Wildman–Crippen LogP) is 3.42. The minimum atomic E-state index is -3.57. The van der Waals surface area contributed by atoms with E-state index < -0.39 is 6.29 Å². The summed E-state index contributed by atoms with van der Waals surface area (Å²) in [5, 5.41) is 3.32. The van der Waals surface area contributed by atoms with Crippen molar-refractivity contribution in [2.24, 2.45) is 5.92 Å². The van der Waals surface area contributed by atoms with Gasteiger partial charge >= 0.3 is 6.29 Å². The first kappa shape index (κ1) is 18.2. The van der Waals surface area contributed by atoms with E-state index in [0.717, 1.165) is 38.2 Å². The Morgan fingerprint density at radius 2 is 1.91 bits per heavy atom. The van der Waals surface area contributed by atoms with Gasteiger partial charge in [0, 0.05) is 37.8 Å². The lowest BCUT2D eigenvalue weighted by atomic mass is 9.94. The molecule has 0 bridgehead atoms. The molecule has 2 aliphatic rings. The number of alkyl halides is 2. The lowest BCUT2D eigenvalue weighted by Gasteiger charge is -2.36. The van der Waals surface area contributed by atoms with E-state index in [1.165, 1.54) is 6.07 Å². The Bertz CT molecular complexity index is 537. The Labute approximate surface area is 141 Å². The van der Waals surface area contributed by atoms with Crippen LogP contribution in [0.5, 0.6) is 11.5 Å². The summed E-state index contributed by atoms with van der Waals surface area (Å²) >= 11 is 0. The molecule has 7 heteroatoms. The molecule has 23 heavy (non-hydrogen) atoms. The van der Waals surface area contributed by atoms with Gasteiger partial charge in [0.15, 0.2) is 11.5 Å². The Hall–Kier alpha value is -1.11. The normalized spacial score (nSPS) is 21.1. The second-order valence-corrected chi connectivity index (χ2v) is 6.27. The van der Waals surface area contributed by atoms with Gasteiger partial charge in [-0.15, -0.1) is 21.2 Å². The quantitative estimate of drug-likeness (QED) is 0.904. The van der Waals surface area contributed by atoms with Gasteiger partial charge in [-0.05, 0) is 18.4 Å². The fraction of sp³-hybridized carbons (Fsp3) is 0.625. The van der Waals surface area contributed by atoms with Crippen LogP contribution in [0.25, 0.3) is 0 Å². The second-order valence-electron chi connectivity index (χ2n) is 6.27. The van der Waals surface area contributed by atoms with Crippen LogP contribution in [-0.2, 0) is 0 Å². The number of hydrogen-bond acceptors (Lipinski definition) is 4. The number of hydrogen-bond donors (Lipinski definition) is 1. The molecule has 4 nitrogen and oxygen atoms in total. The third kappa shape index (κ3) is 4.05. The molecule has 0 unspecified atom stereocenters. The van der Waals surface area contributed by atoms with Crippen LogP contribution in [-0.4, -0.2) is 37.4 Å².